The minimum Gasteiger partial charge on any atom is -0.378 e. The third kappa shape index (κ3) is 2.96. The van der Waals surface area contributed by atoms with Crippen LogP contribution in [0.5, 0.6) is 0 Å². The van der Waals surface area contributed by atoms with Crippen LogP contribution in [0.15, 0.2) is 22.9 Å². The Hall–Kier alpha value is -2.48. The van der Waals surface area contributed by atoms with Gasteiger partial charge in [0.15, 0.2) is 0 Å². The molecule has 4 heterocycles. The predicted molar refractivity (Wildman–Crippen MR) is 85.7 cm³/mol. The Morgan fingerprint density at radius 2 is 1.92 bits per heavy atom. The fourth-order valence-electron chi connectivity index (χ4n) is 3.01. The number of carbonyl (C=O) groups is 1. The summed E-state index contributed by atoms with van der Waals surface area (Å²) in [6.45, 7) is 4.20. The maximum Gasteiger partial charge on any atom is 0.316 e. The van der Waals surface area contributed by atoms with E-state index in [0.29, 0.717) is 32.1 Å². The van der Waals surface area contributed by atoms with Crippen LogP contribution in [-0.4, -0.2) is 65.3 Å². The molecular formula is C16H19N5O3. The molecule has 126 valence electrons. The Kier molecular flexibility index (Phi) is 4.12. The molecule has 0 spiro atoms. The van der Waals surface area contributed by atoms with Gasteiger partial charge < -0.3 is 19.1 Å². The number of nitrogens with zero attached hydrogens (tertiary/aromatic N) is 5. The number of hydrogen-bond acceptors (Lipinski definition) is 7. The van der Waals surface area contributed by atoms with Gasteiger partial charge in [0.25, 0.3) is 0 Å². The highest BCUT2D eigenvalue weighted by Gasteiger charge is 2.24. The van der Waals surface area contributed by atoms with Crippen LogP contribution in [0.25, 0.3) is 11.4 Å². The van der Waals surface area contributed by atoms with Crippen molar-refractivity contribution < 1.29 is 14.1 Å². The molecule has 8 heteroatoms. The van der Waals surface area contributed by atoms with E-state index >= 15 is 0 Å². The van der Waals surface area contributed by atoms with Gasteiger partial charge in [-0.3, -0.25) is 4.79 Å². The Labute approximate surface area is 139 Å². The van der Waals surface area contributed by atoms with E-state index in [1.165, 1.54) is 12.8 Å². The summed E-state index contributed by atoms with van der Waals surface area (Å²) >= 11 is 0. The van der Waals surface area contributed by atoms with Crippen molar-refractivity contribution in [2.45, 2.75) is 12.8 Å². The van der Waals surface area contributed by atoms with E-state index in [4.69, 9.17) is 9.26 Å². The Bertz CT molecular complexity index is 720. The topological polar surface area (TPSA) is 84.6 Å². The molecule has 1 amide bonds. The summed E-state index contributed by atoms with van der Waals surface area (Å²) < 4.78 is 10.4. The molecule has 2 fully saturated rings. The lowest BCUT2D eigenvalue weighted by Crippen LogP contribution is -2.40. The molecular weight excluding hydrogens is 310 g/mol. The van der Waals surface area contributed by atoms with Gasteiger partial charge in [0.2, 0.25) is 5.82 Å². The van der Waals surface area contributed by atoms with Gasteiger partial charge in [-0.05, 0) is 25.0 Å². The van der Waals surface area contributed by atoms with Crippen molar-refractivity contribution in [2.75, 3.05) is 44.3 Å². The number of amides is 1. The minimum absolute atomic E-state index is 0.0198. The first-order chi connectivity index (χ1) is 11.8. The second kappa shape index (κ2) is 6.56. The average Bonchev–Trinajstić information content (AvgIpc) is 3.34. The molecule has 0 atom stereocenters. The summed E-state index contributed by atoms with van der Waals surface area (Å²) in [7, 11) is 0. The van der Waals surface area contributed by atoms with Gasteiger partial charge in [0, 0.05) is 37.9 Å². The summed E-state index contributed by atoms with van der Waals surface area (Å²) in [4.78, 5) is 25.0. The van der Waals surface area contributed by atoms with E-state index in [1.807, 2.05) is 12.1 Å². The van der Waals surface area contributed by atoms with Gasteiger partial charge in [0.05, 0.1) is 13.2 Å². The molecule has 0 radical (unpaired) electrons. The molecule has 2 aliphatic rings. The number of ether oxygens (including phenoxy) is 1. The van der Waals surface area contributed by atoms with Gasteiger partial charge in [-0.2, -0.15) is 4.98 Å². The summed E-state index contributed by atoms with van der Waals surface area (Å²) in [6, 6.07) is 3.77. The summed E-state index contributed by atoms with van der Waals surface area (Å²) in [5.74, 6) is 1.10. The minimum atomic E-state index is -0.245. The standard InChI is InChI=1S/C16H19N5O3/c22-16(21-7-9-23-10-8-21)15-18-14(19-24-15)12-3-4-17-13(11-12)20-5-1-2-6-20/h3-4,11H,1-2,5-10H2. The molecule has 0 unspecified atom stereocenters. The molecule has 4 rings (SSSR count). The largest absolute Gasteiger partial charge is 0.378 e. The summed E-state index contributed by atoms with van der Waals surface area (Å²) in [5, 5.41) is 3.96. The van der Waals surface area contributed by atoms with E-state index < -0.39 is 0 Å². The van der Waals surface area contributed by atoms with Crippen molar-refractivity contribution in [1.29, 1.82) is 0 Å². The third-order valence-electron chi connectivity index (χ3n) is 4.34. The highest BCUT2D eigenvalue weighted by atomic mass is 16.5. The number of carbonyl (C=O) groups excluding carboxylic acids is 1. The van der Waals surface area contributed by atoms with Crippen molar-refractivity contribution in [3.63, 3.8) is 0 Å². The zero-order chi connectivity index (χ0) is 16.4. The quantitative estimate of drug-likeness (QED) is 0.836. The molecule has 2 aromatic rings. The lowest BCUT2D eigenvalue weighted by molar-refractivity contribution is 0.0272. The fraction of sp³-hybridized carbons (Fsp3) is 0.500. The second-order valence-electron chi connectivity index (χ2n) is 5.92. The predicted octanol–water partition coefficient (Wildman–Crippen LogP) is 1.20. The van der Waals surface area contributed by atoms with Crippen LogP contribution in [0.3, 0.4) is 0 Å². The zero-order valence-corrected chi connectivity index (χ0v) is 13.3. The number of pyridine rings is 1. The number of anilines is 1. The number of aromatic nitrogens is 3. The first kappa shape index (κ1) is 15.1. The lowest BCUT2D eigenvalue weighted by atomic mass is 10.2. The van der Waals surface area contributed by atoms with Gasteiger partial charge >= 0.3 is 11.8 Å². The van der Waals surface area contributed by atoms with Crippen molar-refractivity contribution in [2.24, 2.45) is 0 Å². The van der Waals surface area contributed by atoms with Gasteiger partial charge in [-0.1, -0.05) is 5.16 Å². The average molecular weight is 329 g/mol. The molecule has 2 aromatic heterocycles. The molecule has 8 nitrogen and oxygen atoms in total. The molecule has 0 N–H and O–H groups in total. The SMILES string of the molecule is O=C(c1nc(-c2ccnc(N3CCCC3)c2)no1)N1CCOCC1. The maximum absolute atomic E-state index is 12.4. The molecule has 0 aromatic carbocycles. The van der Waals surface area contributed by atoms with Gasteiger partial charge in [-0.15, -0.1) is 0 Å². The molecule has 0 bridgehead atoms. The highest BCUT2D eigenvalue weighted by molar-refractivity contribution is 5.90. The molecule has 2 saturated heterocycles. The monoisotopic (exact) mass is 329 g/mol. The maximum atomic E-state index is 12.4. The normalized spacial score (nSPS) is 18.2. The van der Waals surface area contributed by atoms with Crippen LogP contribution in [0.4, 0.5) is 5.82 Å². The molecule has 24 heavy (non-hydrogen) atoms. The van der Waals surface area contributed by atoms with Crippen LogP contribution in [0.2, 0.25) is 0 Å². The van der Waals surface area contributed by atoms with Crippen LogP contribution >= 0.6 is 0 Å². The third-order valence-corrected chi connectivity index (χ3v) is 4.34. The lowest BCUT2D eigenvalue weighted by Gasteiger charge is -2.25. The van der Waals surface area contributed by atoms with Crippen LogP contribution < -0.4 is 4.90 Å². The van der Waals surface area contributed by atoms with Crippen LogP contribution in [-0.2, 0) is 4.74 Å². The fourth-order valence-corrected chi connectivity index (χ4v) is 3.01. The molecule has 0 aliphatic carbocycles. The summed E-state index contributed by atoms with van der Waals surface area (Å²) in [6.07, 6.45) is 4.11. The number of rotatable bonds is 3. The van der Waals surface area contributed by atoms with Gasteiger partial charge in [-0.25, -0.2) is 4.98 Å². The summed E-state index contributed by atoms with van der Waals surface area (Å²) in [5.41, 5.74) is 0.802. The van der Waals surface area contributed by atoms with E-state index in [2.05, 4.69) is 20.0 Å². The van der Waals surface area contributed by atoms with E-state index in [0.717, 1.165) is 24.5 Å². The molecule has 0 saturated carbocycles. The van der Waals surface area contributed by atoms with Crippen molar-refractivity contribution >= 4 is 11.7 Å². The van der Waals surface area contributed by atoms with E-state index in [1.54, 1.807) is 11.1 Å². The Morgan fingerprint density at radius 1 is 1.12 bits per heavy atom. The van der Waals surface area contributed by atoms with E-state index in [-0.39, 0.29) is 11.8 Å². The first-order valence-electron chi connectivity index (χ1n) is 8.23. The molecule has 2 aliphatic heterocycles. The van der Waals surface area contributed by atoms with Crippen LogP contribution in [0.1, 0.15) is 23.5 Å². The van der Waals surface area contributed by atoms with Gasteiger partial charge in [0.1, 0.15) is 5.82 Å². The number of hydrogen-bond donors (Lipinski definition) is 0. The Balaban J connectivity index is 1.54. The van der Waals surface area contributed by atoms with Crippen LogP contribution in [0, 0.1) is 0 Å². The first-order valence-corrected chi connectivity index (χ1v) is 8.23. The smallest absolute Gasteiger partial charge is 0.316 e. The van der Waals surface area contributed by atoms with Crippen molar-refractivity contribution in [1.82, 2.24) is 20.0 Å². The Morgan fingerprint density at radius 3 is 2.71 bits per heavy atom. The highest BCUT2D eigenvalue weighted by Crippen LogP contribution is 2.23. The van der Waals surface area contributed by atoms with Crippen molar-refractivity contribution in [3.8, 4) is 11.4 Å². The second-order valence-corrected chi connectivity index (χ2v) is 5.92. The van der Waals surface area contributed by atoms with Crippen molar-refractivity contribution in [3.05, 3.63) is 24.2 Å². The zero-order valence-electron chi connectivity index (χ0n) is 13.3. The number of morpholine rings is 1. The van der Waals surface area contributed by atoms with E-state index in [9.17, 15) is 4.79 Å².